The number of hydrogen-bond acceptors (Lipinski definition) is 7. The number of rotatable bonds is 10. The summed E-state index contributed by atoms with van der Waals surface area (Å²) in [5.41, 5.74) is 13.4. The molecule has 8 bridgehead atoms. The highest BCUT2D eigenvalue weighted by Crippen LogP contribution is 2.48. The molecule has 4 aromatic carbocycles. The number of fused-ring (bicyclic) bond motifs is 8. The monoisotopic (exact) mass is 782 g/mol. The first-order valence-electron chi connectivity index (χ1n) is 20.1. The van der Waals surface area contributed by atoms with Crippen molar-refractivity contribution in [2.45, 2.75) is 38.6 Å². The summed E-state index contributed by atoms with van der Waals surface area (Å²) in [6.07, 6.45) is -2.76. The molecule has 9 nitrogen and oxygen atoms in total. The van der Waals surface area contributed by atoms with E-state index in [0.29, 0.717) is 24.6 Å². The molecule has 0 fully saturated rings. The molecule has 4 atom stereocenters. The Morgan fingerprint density at radius 3 is 1.00 bits per heavy atom. The first kappa shape index (κ1) is 38.3. The highest BCUT2D eigenvalue weighted by atomic mass is 16.8. The van der Waals surface area contributed by atoms with Gasteiger partial charge in [-0.1, -0.05) is 121 Å². The molecule has 7 aromatic rings. The Hall–Kier alpha value is -6.20. The molecule has 2 N–H and O–H groups in total. The van der Waals surface area contributed by atoms with Gasteiger partial charge in [-0.3, -0.25) is 4.98 Å². The molecule has 2 aliphatic heterocycles. The van der Waals surface area contributed by atoms with Gasteiger partial charge in [0.25, 0.3) is 0 Å². The van der Waals surface area contributed by atoms with Crippen molar-refractivity contribution in [2.24, 2.45) is 0 Å². The summed E-state index contributed by atoms with van der Waals surface area (Å²) in [6, 6.07) is 49.5. The smallest absolute Gasteiger partial charge is 0.204 e. The van der Waals surface area contributed by atoms with Gasteiger partial charge in [-0.15, -0.1) is 0 Å². The van der Waals surface area contributed by atoms with Gasteiger partial charge >= 0.3 is 0 Å². The number of benzene rings is 4. The number of aromatic nitrogens is 4. The lowest BCUT2D eigenvalue weighted by Gasteiger charge is -2.30. The first-order valence-corrected chi connectivity index (χ1v) is 20.1. The third-order valence-corrected chi connectivity index (χ3v) is 10.9. The largest absolute Gasteiger partial charge is 0.372 e. The molecule has 0 amide bonds. The predicted molar refractivity (Wildman–Crippen MR) is 232 cm³/mol. The van der Waals surface area contributed by atoms with Crippen LogP contribution in [0.5, 0.6) is 0 Å². The Labute approximate surface area is 343 Å². The zero-order valence-corrected chi connectivity index (χ0v) is 33.5. The van der Waals surface area contributed by atoms with Crippen LogP contribution in [0.4, 0.5) is 0 Å². The molecule has 2 aliphatic rings. The predicted octanol–water partition coefficient (Wildman–Crippen LogP) is 11.8. The molecule has 0 saturated heterocycles. The van der Waals surface area contributed by atoms with Gasteiger partial charge in [-0.25, -0.2) is 4.98 Å². The van der Waals surface area contributed by atoms with Crippen molar-refractivity contribution in [1.29, 1.82) is 0 Å². The van der Waals surface area contributed by atoms with Gasteiger partial charge in [0.05, 0.1) is 11.4 Å². The summed E-state index contributed by atoms with van der Waals surface area (Å²) in [7, 11) is 3.44. The third kappa shape index (κ3) is 7.18. The Kier molecular flexibility index (Phi) is 11.0. The van der Waals surface area contributed by atoms with E-state index in [1.807, 2.05) is 86.6 Å². The van der Waals surface area contributed by atoms with Gasteiger partial charge in [-0.2, -0.15) is 0 Å². The van der Waals surface area contributed by atoms with Crippen LogP contribution in [0, 0.1) is 0 Å². The lowest BCUT2D eigenvalue weighted by Crippen LogP contribution is -2.24. The summed E-state index contributed by atoms with van der Waals surface area (Å²) in [6.45, 7) is 4.71. The van der Waals surface area contributed by atoms with Crippen molar-refractivity contribution in [1.82, 2.24) is 19.9 Å². The molecule has 0 aliphatic carbocycles. The quantitative estimate of drug-likeness (QED) is 0.142. The van der Waals surface area contributed by atoms with Crippen molar-refractivity contribution in [2.75, 3.05) is 27.4 Å². The highest BCUT2D eigenvalue weighted by molar-refractivity contribution is 5.92. The van der Waals surface area contributed by atoms with E-state index in [4.69, 9.17) is 33.7 Å². The Morgan fingerprint density at radius 1 is 0.424 bits per heavy atom. The molecular weight excluding hydrogens is 737 g/mol. The minimum atomic E-state index is -0.843. The second kappa shape index (κ2) is 17.0. The standard InChI is InChI=1S/C50H46N4O5/c1-5-57-49-45-41(33-23-15-9-16-24-33)37-29-27-35(51-37)39(31-19-11-7-12-20-31)43-47(55-3)48(56-4)44(53-43)40(32-21-13-8-14-22-32)36-28-30-38(52-36)42(34-25-17-10-18-26-34)46(54-45)50(59-49)58-6-2/h7-30,47-52H,5-6H2,1-4H3/t47-,48+,49-,50-/m0/s1. The Balaban J connectivity index is 1.56. The fourth-order valence-electron chi connectivity index (χ4n) is 8.33. The Morgan fingerprint density at radius 2 is 0.712 bits per heavy atom. The molecule has 59 heavy (non-hydrogen) atoms. The number of nitrogens with zero attached hydrogens (tertiary/aromatic N) is 2. The SMILES string of the molecule is CCO[C@H]1O[C@H](OCC)c2nc1c(-c1ccccc1)c1ccc([nH]1)c(-c1ccccc1)c1nc(c(-c3ccccc3)c3ccc([nH]3)c2-c2ccccc2)[C@H](OC)[C@@H]1OC. The van der Waals surface area contributed by atoms with Crippen LogP contribution in [-0.4, -0.2) is 47.4 Å². The van der Waals surface area contributed by atoms with E-state index < -0.39 is 24.8 Å². The topological polar surface area (TPSA) is 104 Å². The van der Waals surface area contributed by atoms with Gasteiger partial charge < -0.3 is 33.7 Å². The van der Waals surface area contributed by atoms with E-state index in [1.165, 1.54) is 0 Å². The van der Waals surface area contributed by atoms with E-state index in [-0.39, 0.29) is 0 Å². The van der Waals surface area contributed by atoms with Crippen LogP contribution in [-0.2, 0) is 23.7 Å². The highest BCUT2D eigenvalue weighted by Gasteiger charge is 2.38. The third-order valence-electron chi connectivity index (χ3n) is 10.9. The van der Waals surface area contributed by atoms with E-state index in [0.717, 1.165) is 78.0 Å². The minimum Gasteiger partial charge on any atom is -0.372 e. The fraction of sp³-hybridized carbons (Fsp3) is 0.200. The second-order valence-corrected chi connectivity index (χ2v) is 14.3. The van der Waals surface area contributed by atoms with Gasteiger partial charge in [-0.05, 0) is 60.4 Å². The molecule has 0 spiro atoms. The lowest BCUT2D eigenvalue weighted by molar-refractivity contribution is -0.261. The number of hydrogen-bond donors (Lipinski definition) is 2. The van der Waals surface area contributed by atoms with Crippen LogP contribution in [0.1, 0.15) is 61.4 Å². The summed E-state index contributed by atoms with van der Waals surface area (Å²) >= 11 is 0. The number of nitrogens with one attached hydrogen (secondary N) is 2. The van der Waals surface area contributed by atoms with E-state index in [1.54, 1.807) is 14.2 Å². The maximum Gasteiger partial charge on any atom is 0.204 e. The molecule has 5 heterocycles. The summed E-state index contributed by atoms with van der Waals surface area (Å²) in [5.74, 6) is 0. The Bertz CT molecular complexity index is 2530. The number of methoxy groups -OCH3 is 2. The van der Waals surface area contributed by atoms with Gasteiger partial charge in [0.2, 0.25) is 12.6 Å². The molecule has 9 heteroatoms. The fourth-order valence-corrected chi connectivity index (χ4v) is 8.33. The van der Waals surface area contributed by atoms with Gasteiger partial charge in [0.1, 0.15) is 23.6 Å². The number of aromatic amines is 2. The van der Waals surface area contributed by atoms with Gasteiger partial charge in [0, 0.05) is 71.8 Å². The van der Waals surface area contributed by atoms with Gasteiger partial charge in [0.15, 0.2) is 0 Å². The van der Waals surface area contributed by atoms with Crippen LogP contribution in [0.15, 0.2) is 146 Å². The normalized spacial score (nSPS) is 17.8. The molecule has 296 valence electrons. The summed E-state index contributed by atoms with van der Waals surface area (Å²) in [5, 5.41) is 0. The number of H-pyrrole nitrogens is 2. The van der Waals surface area contributed by atoms with E-state index in [9.17, 15) is 0 Å². The zero-order valence-electron chi connectivity index (χ0n) is 33.5. The van der Waals surface area contributed by atoms with Crippen molar-refractivity contribution in [3.63, 3.8) is 0 Å². The van der Waals surface area contributed by atoms with E-state index in [2.05, 4.69) is 82.8 Å². The van der Waals surface area contributed by atoms with Crippen molar-refractivity contribution < 1.29 is 23.7 Å². The van der Waals surface area contributed by atoms with Crippen LogP contribution in [0.2, 0.25) is 0 Å². The average Bonchev–Trinajstić information content (AvgIpc) is 4.04. The lowest BCUT2D eigenvalue weighted by atomic mass is 9.97. The average molecular weight is 783 g/mol. The van der Waals surface area contributed by atoms with Crippen LogP contribution >= 0.6 is 0 Å². The number of ether oxygens (including phenoxy) is 5. The molecule has 0 saturated carbocycles. The summed E-state index contributed by atoms with van der Waals surface area (Å²) in [4.78, 5) is 18.8. The maximum atomic E-state index is 6.87. The van der Waals surface area contributed by atoms with Crippen molar-refractivity contribution in [3.8, 4) is 44.5 Å². The van der Waals surface area contributed by atoms with Crippen LogP contribution in [0.3, 0.4) is 0 Å². The molecule has 3 aromatic heterocycles. The van der Waals surface area contributed by atoms with Crippen molar-refractivity contribution in [3.05, 3.63) is 168 Å². The molecule has 0 radical (unpaired) electrons. The van der Waals surface area contributed by atoms with Crippen LogP contribution in [0.25, 0.3) is 66.6 Å². The molecule has 0 unspecified atom stereocenters. The maximum absolute atomic E-state index is 6.87. The van der Waals surface area contributed by atoms with Crippen LogP contribution < -0.4 is 0 Å². The minimum absolute atomic E-state index is 0.396. The second-order valence-electron chi connectivity index (χ2n) is 14.3. The van der Waals surface area contributed by atoms with Crippen molar-refractivity contribution >= 4 is 22.1 Å². The molecule has 9 rings (SSSR count). The molecular formula is C50H46N4O5. The van der Waals surface area contributed by atoms with E-state index >= 15 is 0 Å². The first-order chi connectivity index (χ1) is 29.1. The summed E-state index contributed by atoms with van der Waals surface area (Å²) < 4.78 is 32.4. The zero-order chi connectivity index (χ0) is 40.3.